The number of aliphatic hydroxyl groups is 1. The Morgan fingerprint density at radius 3 is 2.42 bits per heavy atom. The molecule has 1 aliphatic carbocycles. The molecule has 0 spiro atoms. The minimum atomic E-state index is -0.782. The summed E-state index contributed by atoms with van der Waals surface area (Å²) in [7, 11) is 0. The molecule has 19 heavy (non-hydrogen) atoms. The van der Waals surface area contributed by atoms with Crippen molar-refractivity contribution in [3.05, 3.63) is 0 Å². The second-order valence-corrected chi connectivity index (χ2v) is 5.44. The first-order chi connectivity index (χ1) is 8.93. The molecule has 6 heteroatoms. The van der Waals surface area contributed by atoms with Gasteiger partial charge in [0.15, 0.2) is 0 Å². The minimum absolute atomic E-state index is 0.286. The smallest absolute Gasteiger partial charge is 0.306 e. The summed E-state index contributed by atoms with van der Waals surface area (Å²) in [6.45, 7) is 1.22. The molecule has 1 aliphatic rings. The fourth-order valence-electron chi connectivity index (χ4n) is 2.45. The Hall–Kier alpha value is -1.14. The van der Waals surface area contributed by atoms with Crippen molar-refractivity contribution in [2.24, 2.45) is 11.7 Å². The van der Waals surface area contributed by atoms with Crippen LogP contribution in [0.15, 0.2) is 0 Å². The zero-order chi connectivity index (χ0) is 14.3. The summed E-state index contributed by atoms with van der Waals surface area (Å²) in [5.41, 5.74) is 4.25. The lowest BCUT2D eigenvalue weighted by Crippen LogP contribution is -2.44. The first-order valence-corrected chi connectivity index (χ1v) is 6.87. The zero-order valence-corrected chi connectivity index (χ0v) is 11.2. The van der Waals surface area contributed by atoms with Crippen molar-refractivity contribution in [1.29, 1.82) is 0 Å². The molecule has 0 atom stereocenters. The quantitative estimate of drug-likeness (QED) is 0.473. The highest BCUT2D eigenvalue weighted by Gasteiger charge is 2.35. The van der Waals surface area contributed by atoms with Crippen molar-refractivity contribution in [3.8, 4) is 0 Å². The van der Waals surface area contributed by atoms with Crippen LogP contribution in [0.2, 0.25) is 0 Å². The highest BCUT2D eigenvalue weighted by atomic mass is 16.4. The van der Waals surface area contributed by atoms with Gasteiger partial charge in [-0.1, -0.05) is 0 Å². The molecule has 0 aromatic heterocycles. The molecule has 0 heterocycles. The van der Waals surface area contributed by atoms with Gasteiger partial charge in [-0.25, -0.2) is 0 Å². The zero-order valence-electron chi connectivity index (χ0n) is 11.2. The molecule has 0 radical (unpaired) electrons. The largest absolute Gasteiger partial charge is 0.481 e. The summed E-state index contributed by atoms with van der Waals surface area (Å²) in [6, 6.07) is 0. The van der Waals surface area contributed by atoms with Gasteiger partial charge in [0.2, 0.25) is 5.91 Å². The van der Waals surface area contributed by atoms with E-state index in [1.54, 1.807) is 0 Å². The molecule has 1 saturated carbocycles. The summed E-state index contributed by atoms with van der Waals surface area (Å²) in [5.74, 6) is -1.36. The number of carbonyl (C=O) groups is 2. The Bertz CT molecular complexity index is 312. The lowest BCUT2D eigenvalue weighted by atomic mass is 9.79. The van der Waals surface area contributed by atoms with Crippen molar-refractivity contribution in [3.63, 3.8) is 0 Å². The SMILES string of the molecule is NC(=O)CCCCNCC1(O)CCC(C(=O)O)CC1. The second-order valence-electron chi connectivity index (χ2n) is 5.44. The van der Waals surface area contributed by atoms with E-state index >= 15 is 0 Å². The van der Waals surface area contributed by atoms with Crippen LogP contribution in [-0.4, -0.2) is 40.8 Å². The molecule has 5 N–H and O–H groups in total. The van der Waals surface area contributed by atoms with Gasteiger partial charge in [-0.3, -0.25) is 9.59 Å². The lowest BCUT2D eigenvalue weighted by Gasteiger charge is -2.34. The van der Waals surface area contributed by atoms with Crippen LogP contribution >= 0.6 is 0 Å². The molecule has 110 valence electrons. The van der Waals surface area contributed by atoms with Crippen LogP contribution in [0.3, 0.4) is 0 Å². The third-order valence-corrected chi connectivity index (χ3v) is 3.75. The van der Waals surface area contributed by atoms with Gasteiger partial charge in [0, 0.05) is 13.0 Å². The van der Waals surface area contributed by atoms with Gasteiger partial charge in [-0.15, -0.1) is 0 Å². The van der Waals surface area contributed by atoms with Crippen molar-refractivity contribution < 1.29 is 19.8 Å². The van der Waals surface area contributed by atoms with Crippen molar-refractivity contribution in [1.82, 2.24) is 5.32 Å². The van der Waals surface area contributed by atoms with Crippen LogP contribution in [0, 0.1) is 5.92 Å². The van der Waals surface area contributed by atoms with Crippen LogP contribution in [-0.2, 0) is 9.59 Å². The second kappa shape index (κ2) is 7.45. The Balaban J connectivity index is 2.12. The first kappa shape index (κ1) is 15.9. The number of rotatable bonds is 8. The number of carbonyl (C=O) groups excluding carboxylic acids is 1. The molecule has 0 bridgehead atoms. The number of primary amides is 1. The Kier molecular flexibility index (Phi) is 6.24. The molecule has 6 nitrogen and oxygen atoms in total. The van der Waals surface area contributed by atoms with E-state index in [0.29, 0.717) is 38.6 Å². The molecular formula is C13H24N2O4. The highest BCUT2D eigenvalue weighted by molar-refractivity contribution is 5.73. The van der Waals surface area contributed by atoms with E-state index in [-0.39, 0.29) is 11.8 Å². The van der Waals surface area contributed by atoms with Crippen LogP contribution in [0.1, 0.15) is 44.9 Å². The normalized spacial score (nSPS) is 27.1. The molecular weight excluding hydrogens is 248 g/mol. The standard InChI is InChI=1S/C13H24N2O4/c14-11(16)3-1-2-8-15-9-13(19)6-4-10(5-7-13)12(17)18/h10,15,19H,1-9H2,(H2,14,16)(H,17,18). The Morgan fingerprint density at radius 2 is 1.89 bits per heavy atom. The topological polar surface area (TPSA) is 113 Å². The number of carboxylic acids is 1. The average molecular weight is 272 g/mol. The average Bonchev–Trinajstić information content (AvgIpc) is 2.34. The molecule has 1 amide bonds. The maximum Gasteiger partial charge on any atom is 0.306 e. The number of amides is 1. The number of carboxylic acid groups (broad SMARTS) is 1. The summed E-state index contributed by atoms with van der Waals surface area (Å²) in [5, 5.41) is 22.3. The number of hydrogen-bond donors (Lipinski definition) is 4. The van der Waals surface area contributed by atoms with Crippen LogP contribution in [0.25, 0.3) is 0 Å². The molecule has 1 fully saturated rings. The molecule has 0 aliphatic heterocycles. The van der Waals surface area contributed by atoms with Gasteiger partial charge in [0.25, 0.3) is 0 Å². The fraction of sp³-hybridized carbons (Fsp3) is 0.846. The number of aliphatic carboxylic acids is 1. The predicted molar refractivity (Wildman–Crippen MR) is 70.5 cm³/mol. The number of hydrogen-bond acceptors (Lipinski definition) is 4. The van der Waals surface area contributed by atoms with Gasteiger partial charge in [0.05, 0.1) is 11.5 Å². The van der Waals surface area contributed by atoms with Crippen LogP contribution in [0.4, 0.5) is 0 Å². The number of unbranched alkanes of at least 4 members (excludes halogenated alkanes) is 1. The van der Waals surface area contributed by atoms with Crippen molar-refractivity contribution in [2.45, 2.75) is 50.5 Å². The molecule has 0 unspecified atom stereocenters. The highest BCUT2D eigenvalue weighted by Crippen LogP contribution is 2.31. The van der Waals surface area contributed by atoms with E-state index in [9.17, 15) is 14.7 Å². The van der Waals surface area contributed by atoms with Gasteiger partial charge < -0.3 is 21.3 Å². The maximum atomic E-state index is 10.8. The third kappa shape index (κ3) is 6.02. The maximum absolute atomic E-state index is 10.8. The molecule has 0 aromatic rings. The number of nitrogens with one attached hydrogen (secondary N) is 1. The van der Waals surface area contributed by atoms with E-state index < -0.39 is 11.6 Å². The Morgan fingerprint density at radius 1 is 1.26 bits per heavy atom. The van der Waals surface area contributed by atoms with E-state index in [1.165, 1.54) is 0 Å². The van der Waals surface area contributed by atoms with E-state index in [4.69, 9.17) is 10.8 Å². The number of nitrogens with two attached hydrogens (primary N) is 1. The van der Waals surface area contributed by atoms with E-state index in [1.807, 2.05) is 0 Å². The summed E-state index contributed by atoms with van der Waals surface area (Å²) in [6.07, 6.45) is 4.12. The van der Waals surface area contributed by atoms with Gasteiger partial charge in [-0.2, -0.15) is 0 Å². The summed E-state index contributed by atoms with van der Waals surface area (Å²) < 4.78 is 0. The third-order valence-electron chi connectivity index (χ3n) is 3.75. The molecule has 1 rings (SSSR count). The van der Waals surface area contributed by atoms with Crippen LogP contribution in [0.5, 0.6) is 0 Å². The van der Waals surface area contributed by atoms with Crippen molar-refractivity contribution >= 4 is 11.9 Å². The van der Waals surface area contributed by atoms with Crippen LogP contribution < -0.4 is 11.1 Å². The minimum Gasteiger partial charge on any atom is -0.481 e. The van der Waals surface area contributed by atoms with Gasteiger partial charge in [0.1, 0.15) is 0 Å². The summed E-state index contributed by atoms with van der Waals surface area (Å²) >= 11 is 0. The van der Waals surface area contributed by atoms with Gasteiger partial charge >= 0.3 is 5.97 Å². The monoisotopic (exact) mass is 272 g/mol. The first-order valence-electron chi connectivity index (χ1n) is 6.87. The molecule has 0 aromatic carbocycles. The molecule has 0 saturated heterocycles. The fourth-order valence-corrected chi connectivity index (χ4v) is 2.45. The summed E-state index contributed by atoms with van der Waals surface area (Å²) in [4.78, 5) is 21.3. The van der Waals surface area contributed by atoms with E-state index in [0.717, 1.165) is 19.4 Å². The van der Waals surface area contributed by atoms with Crippen molar-refractivity contribution in [2.75, 3.05) is 13.1 Å². The Labute approximate surface area is 113 Å². The van der Waals surface area contributed by atoms with Gasteiger partial charge in [-0.05, 0) is 45.1 Å². The lowest BCUT2D eigenvalue weighted by molar-refractivity contribution is -0.144. The van der Waals surface area contributed by atoms with E-state index in [2.05, 4.69) is 5.32 Å². The predicted octanol–water partition coefficient (Wildman–Crippen LogP) is 0.237.